The predicted octanol–water partition coefficient (Wildman–Crippen LogP) is 20.5. The number of phosphoric ester groups is 2. The maximum Gasteiger partial charge on any atom is 0.472 e. The Morgan fingerprint density at radius 2 is 0.533 bits per heavy atom. The molecule has 0 heterocycles. The first kappa shape index (κ1) is 88.1. The smallest absolute Gasteiger partial charge is 0.462 e. The zero-order valence-electron chi connectivity index (χ0n) is 58.3. The maximum atomic E-state index is 13.0. The van der Waals surface area contributed by atoms with Crippen molar-refractivity contribution in [1.29, 1.82) is 0 Å². The molecule has 0 amide bonds. The third-order valence-electron chi connectivity index (χ3n) is 16.9. The molecule has 0 aliphatic heterocycles. The molecule has 0 radical (unpaired) electrons. The molecule has 0 saturated carbocycles. The van der Waals surface area contributed by atoms with E-state index in [2.05, 4.69) is 34.6 Å². The van der Waals surface area contributed by atoms with Crippen molar-refractivity contribution in [3.05, 3.63) is 0 Å². The zero-order chi connectivity index (χ0) is 66.3. The van der Waals surface area contributed by atoms with Gasteiger partial charge in [-0.05, 0) is 31.6 Å². The van der Waals surface area contributed by atoms with Gasteiger partial charge in [-0.15, -0.1) is 0 Å². The van der Waals surface area contributed by atoms with Crippen LogP contribution in [0.5, 0.6) is 0 Å². The molecule has 19 heteroatoms. The fraction of sp³-hybridized carbons (Fsp3) is 0.944. The quantitative estimate of drug-likeness (QED) is 0.0222. The van der Waals surface area contributed by atoms with Gasteiger partial charge >= 0.3 is 39.5 Å². The lowest BCUT2D eigenvalue weighted by molar-refractivity contribution is -0.161. The van der Waals surface area contributed by atoms with E-state index in [4.69, 9.17) is 37.0 Å². The molecule has 0 aromatic rings. The molecule has 90 heavy (non-hydrogen) atoms. The molecule has 0 aliphatic rings. The first-order chi connectivity index (χ1) is 43.6. The summed E-state index contributed by atoms with van der Waals surface area (Å²) in [5.74, 6) is -1.25. The summed E-state index contributed by atoms with van der Waals surface area (Å²) in [6.45, 7) is 7.27. The second kappa shape index (κ2) is 64.4. The molecule has 6 atom stereocenters. The van der Waals surface area contributed by atoms with Crippen molar-refractivity contribution in [2.24, 2.45) is 5.92 Å². The number of carbonyl (C=O) groups is 4. The zero-order valence-corrected chi connectivity index (χ0v) is 60.1. The number of unbranched alkanes of at least 4 members (excludes halogenated alkanes) is 42. The van der Waals surface area contributed by atoms with Crippen molar-refractivity contribution in [3.8, 4) is 0 Å². The third-order valence-corrected chi connectivity index (χ3v) is 18.8. The van der Waals surface area contributed by atoms with Gasteiger partial charge in [-0.25, -0.2) is 9.13 Å². The second-order valence-corrected chi connectivity index (χ2v) is 28.8. The van der Waals surface area contributed by atoms with Gasteiger partial charge in [0.15, 0.2) is 12.2 Å². The molecule has 17 nitrogen and oxygen atoms in total. The van der Waals surface area contributed by atoms with Crippen LogP contribution in [-0.4, -0.2) is 96.7 Å². The van der Waals surface area contributed by atoms with E-state index in [9.17, 15) is 43.2 Å². The summed E-state index contributed by atoms with van der Waals surface area (Å²) >= 11 is 0. The first-order valence-electron chi connectivity index (χ1n) is 37.2. The topological polar surface area (TPSA) is 237 Å². The number of rotatable bonds is 71. The minimum atomic E-state index is -4.95. The molecule has 0 fully saturated rings. The normalized spacial score (nSPS) is 14.4. The van der Waals surface area contributed by atoms with Crippen LogP contribution >= 0.6 is 15.6 Å². The fourth-order valence-electron chi connectivity index (χ4n) is 10.8. The van der Waals surface area contributed by atoms with Crippen LogP contribution < -0.4 is 0 Å². The highest BCUT2D eigenvalue weighted by Crippen LogP contribution is 2.45. The Kier molecular flexibility index (Phi) is 63.0. The highest BCUT2D eigenvalue weighted by Gasteiger charge is 2.30. The lowest BCUT2D eigenvalue weighted by atomic mass is 9.99. The van der Waals surface area contributed by atoms with Crippen molar-refractivity contribution >= 4 is 39.5 Å². The molecule has 0 bridgehead atoms. The summed E-state index contributed by atoms with van der Waals surface area (Å²) in [6, 6.07) is 0. The summed E-state index contributed by atoms with van der Waals surface area (Å²) in [5.41, 5.74) is 0. The van der Waals surface area contributed by atoms with Gasteiger partial charge in [-0.3, -0.25) is 37.3 Å². The monoisotopic (exact) mass is 1320 g/mol. The SMILES string of the molecule is CCCCCCCCCCCCC(=O)OC[C@H](COP(=O)(O)OC[C@@H](O)COP(=O)(O)OC[C@@H](COC(=O)CCCCCCCCCC)OC(=O)CCCCCCCCCCCC)OC(=O)CCCCCCCCCCCCCCCCCCCCC(C)CC. The lowest BCUT2D eigenvalue weighted by Crippen LogP contribution is -2.30. The van der Waals surface area contributed by atoms with Crippen molar-refractivity contribution in [3.63, 3.8) is 0 Å². The van der Waals surface area contributed by atoms with Crippen molar-refractivity contribution in [2.75, 3.05) is 39.6 Å². The molecule has 534 valence electrons. The number of hydrogen-bond donors (Lipinski definition) is 3. The van der Waals surface area contributed by atoms with E-state index >= 15 is 0 Å². The highest BCUT2D eigenvalue weighted by atomic mass is 31.2. The summed E-state index contributed by atoms with van der Waals surface area (Å²) in [5, 5.41) is 10.6. The Labute approximate surface area is 549 Å². The van der Waals surface area contributed by atoms with E-state index < -0.39 is 97.5 Å². The van der Waals surface area contributed by atoms with E-state index in [1.54, 1.807) is 0 Å². The van der Waals surface area contributed by atoms with Crippen LogP contribution in [0.15, 0.2) is 0 Å². The van der Waals surface area contributed by atoms with Crippen LogP contribution in [0.25, 0.3) is 0 Å². The van der Waals surface area contributed by atoms with Gasteiger partial charge in [0.05, 0.1) is 26.4 Å². The Hall–Kier alpha value is -1.94. The Morgan fingerprint density at radius 3 is 0.789 bits per heavy atom. The largest absolute Gasteiger partial charge is 0.472 e. The number of carbonyl (C=O) groups excluding carboxylic acids is 4. The van der Waals surface area contributed by atoms with Gasteiger partial charge in [0.1, 0.15) is 19.3 Å². The predicted molar refractivity (Wildman–Crippen MR) is 363 cm³/mol. The Balaban J connectivity index is 5.11. The summed E-state index contributed by atoms with van der Waals surface area (Å²) in [7, 11) is -9.89. The molecule has 0 rings (SSSR count). The van der Waals surface area contributed by atoms with Crippen LogP contribution in [0, 0.1) is 5.92 Å². The summed E-state index contributed by atoms with van der Waals surface area (Å²) in [4.78, 5) is 72.4. The standard InChI is InChI=1S/C71H138O17P2/c1-6-10-13-16-19-22-35-40-45-50-55-69(74)82-61-67(88-71(76)57-52-47-42-37-33-31-29-27-25-24-26-28-30-32-34-38-43-48-53-64(5)9-4)63-86-90(79,80)84-59-65(72)58-83-89(77,78)85-62-66(60-81-68(73)54-49-44-39-21-18-15-12-8-3)87-70(75)56-51-46-41-36-23-20-17-14-11-7-2/h64-67,72H,6-63H2,1-5H3,(H,77,78)(H,79,80)/t64?,65-,66+,67+/m0/s1. The molecule has 0 aliphatic carbocycles. The van der Waals surface area contributed by atoms with Crippen LogP contribution in [0.3, 0.4) is 0 Å². The Morgan fingerprint density at radius 1 is 0.311 bits per heavy atom. The van der Waals surface area contributed by atoms with Crippen LogP contribution in [0.4, 0.5) is 0 Å². The number of ether oxygens (including phenoxy) is 4. The van der Waals surface area contributed by atoms with Gasteiger partial charge < -0.3 is 33.8 Å². The molecule has 0 spiro atoms. The molecule has 0 aromatic carbocycles. The van der Waals surface area contributed by atoms with Crippen LogP contribution in [0.2, 0.25) is 0 Å². The summed E-state index contributed by atoms with van der Waals surface area (Å²) < 4.78 is 68.1. The number of esters is 4. The number of hydrogen-bond acceptors (Lipinski definition) is 15. The van der Waals surface area contributed by atoms with E-state index in [0.29, 0.717) is 25.7 Å². The second-order valence-electron chi connectivity index (χ2n) is 25.9. The van der Waals surface area contributed by atoms with E-state index in [1.165, 1.54) is 186 Å². The third kappa shape index (κ3) is 63.5. The minimum Gasteiger partial charge on any atom is -0.462 e. The molecule has 0 saturated heterocycles. The average Bonchev–Trinajstić information content (AvgIpc) is 3.67. The number of aliphatic hydroxyl groups is 1. The minimum absolute atomic E-state index is 0.106. The van der Waals surface area contributed by atoms with Crippen LogP contribution in [-0.2, 0) is 65.4 Å². The number of phosphoric acid groups is 2. The lowest BCUT2D eigenvalue weighted by Gasteiger charge is -2.21. The Bertz CT molecular complexity index is 1740. The molecule has 3 unspecified atom stereocenters. The average molecular weight is 1330 g/mol. The van der Waals surface area contributed by atoms with Crippen molar-refractivity contribution in [1.82, 2.24) is 0 Å². The molecular weight excluding hydrogens is 1190 g/mol. The molecular formula is C71H138O17P2. The highest BCUT2D eigenvalue weighted by molar-refractivity contribution is 7.47. The van der Waals surface area contributed by atoms with Gasteiger partial charge in [-0.1, -0.05) is 317 Å². The van der Waals surface area contributed by atoms with Crippen molar-refractivity contribution < 1.29 is 80.2 Å². The van der Waals surface area contributed by atoms with E-state index in [-0.39, 0.29) is 25.7 Å². The summed E-state index contributed by atoms with van der Waals surface area (Å²) in [6.07, 6.45) is 51.4. The first-order valence-corrected chi connectivity index (χ1v) is 40.2. The van der Waals surface area contributed by atoms with Gasteiger partial charge in [0.2, 0.25) is 0 Å². The molecule has 3 N–H and O–H groups in total. The van der Waals surface area contributed by atoms with Crippen LogP contribution in [0.1, 0.15) is 369 Å². The molecule has 0 aromatic heterocycles. The van der Waals surface area contributed by atoms with Gasteiger partial charge in [-0.2, -0.15) is 0 Å². The van der Waals surface area contributed by atoms with E-state index in [0.717, 1.165) is 102 Å². The maximum absolute atomic E-state index is 13.0. The van der Waals surface area contributed by atoms with Gasteiger partial charge in [0.25, 0.3) is 0 Å². The number of aliphatic hydroxyl groups excluding tert-OH is 1. The van der Waals surface area contributed by atoms with E-state index in [1.807, 2.05) is 0 Å². The van der Waals surface area contributed by atoms with Crippen molar-refractivity contribution in [2.45, 2.75) is 387 Å². The van der Waals surface area contributed by atoms with Gasteiger partial charge in [0, 0.05) is 25.7 Å². The fourth-order valence-corrected chi connectivity index (χ4v) is 12.4.